The predicted molar refractivity (Wildman–Crippen MR) is 22.6 cm³/mol. The van der Waals surface area contributed by atoms with Gasteiger partial charge in [0.05, 0.1) is 5.88 Å². The van der Waals surface area contributed by atoms with E-state index in [9.17, 15) is 0 Å². The van der Waals surface area contributed by atoms with Gasteiger partial charge in [0.1, 0.15) is 5.84 Å². The molecule has 0 saturated carbocycles. The van der Waals surface area contributed by atoms with Crippen molar-refractivity contribution in [3.8, 4) is 0 Å². The molecule has 0 spiro atoms. The van der Waals surface area contributed by atoms with Gasteiger partial charge in [-0.25, -0.2) is 0 Å². The Balaban J connectivity index is 0. The Labute approximate surface area is 47.6 Å². The van der Waals surface area contributed by atoms with Crippen molar-refractivity contribution in [1.29, 1.82) is 5.41 Å². The van der Waals surface area contributed by atoms with Gasteiger partial charge in [-0.3, -0.25) is 5.41 Å². The molecule has 0 aromatic carbocycles. The summed E-state index contributed by atoms with van der Waals surface area (Å²) >= 11 is 4.99. The zero-order chi connectivity index (χ0) is 4.28. The first kappa shape index (κ1) is 9.41. The van der Waals surface area contributed by atoms with E-state index >= 15 is 0 Å². The van der Waals surface area contributed by atoms with Gasteiger partial charge in [-0.05, 0) is 0 Å². The van der Waals surface area contributed by atoms with Crippen LogP contribution in [0.5, 0.6) is 0 Å². The normalized spacial score (nSPS) is 6.17. The molecule has 0 fully saturated rings. The number of hydrogen-bond donors (Lipinski definition) is 2. The smallest absolute Gasteiger partial charge is 0.106 e. The molecule has 0 aliphatic carbocycles. The van der Waals surface area contributed by atoms with E-state index in [2.05, 4.69) is 0 Å². The van der Waals surface area contributed by atoms with Crippen molar-refractivity contribution in [2.75, 3.05) is 5.88 Å². The average Bonchev–Trinajstić information content (AvgIpc) is 1.38. The maximum Gasteiger partial charge on any atom is 0.106 e. The van der Waals surface area contributed by atoms with Crippen LogP contribution in [0.25, 0.3) is 0 Å². The molecule has 38 valence electrons. The second-order valence-electron chi connectivity index (χ2n) is 0.659. The van der Waals surface area contributed by atoms with Gasteiger partial charge in [0, 0.05) is 0 Å². The Hall–Kier alpha value is 0.0500. The van der Waals surface area contributed by atoms with Gasteiger partial charge in [0.2, 0.25) is 0 Å². The van der Waals surface area contributed by atoms with E-state index < -0.39 is 0 Å². The molecule has 0 amide bonds. The van der Waals surface area contributed by atoms with Crippen molar-refractivity contribution in [3.05, 3.63) is 0 Å². The highest BCUT2D eigenvalue weighted by Gasteiger charge is 1.73. The number of halogens is 2. The van der Waals surface area contributed by atoms with E-state index in [1.165, 1.54) is 0 Å². The number of nitrogens with one attached hydrogen (secondary N) is 1. The molecule has 0 atom stereocenters. The van der Waals surface area contributed by atoms with Crippen LogP contribution in [0.4, 0.5) is 0 Å². The third-order valence-electron chi connectivity index (χ3n) is 0.144. The first-order chi connectivity index (χ1) is 2.27. The van der Waals surface area contributed by atoms with E-state index in [0.29, 0.717) is 0 Å². The molecule has 0 heterocycles. The van der Waals surface area contributed by atoms with Crippen LogP contribution in [-0.4, -0.2) is 11.7 Å². The van der Waals surface area contributed by atoms with E-state index in [-0.39, 0.29) is 24.1 Å². The minimum Gasteiger partial charge on any atom is -1.00 e. The third kappa shape index (κ3) is 8.96. The minimum atomic E-state index is 0. The quantitative estimate of drug-likeness (QED) is 0.223. The van der Waals surface area contributed by atoms with Gasteiger partial charge in [-0.15, -0.1) is 11.6 Å². The van der Waals surface area contributed by atoms with Crippen LogP contribution in [0.2, 0.25) is 0 Å². The van der Waals surface area contributed by atoms with Crippen LogP contribution in [0.1, 0.15) is 0 Å². The van der Waals surface area contributed by atoms with E-state index in [0.717, 1.165) is 0 Å². The van der Waals surface area contributed by atoms with Crippen molar-refractivity contribution >= 4 is 17.4 Å². The summed E-state index contributed by atoms with van der Waals surface area (Å²) in [5, 5.41) is 6.39. The minimum absolute atomic E-state index is 0. The molecule has 0 radical (unpaired) electrons. The van der Waals surface area contributed by atoms with Crippen molar-refractivity contribution in [1.82, 2.24) is 0 Å². The second kappa shape index (κ2) is 5.05. The van der Waals surface area contributed by atoms with Crippen LogP contribution in [0.15, 0.2) is 0 Å². The van der Waals surface area contributed by atoms with Gasteiger partial charge in [-0.1, -0.05) is 0 Å². The lowest BCUT2D eigenvalue weighted by Crippen LogP contribution is -3.00. The molecule has 0 saturated heterocycles. The molecule has 0 aliphatic heterocycles. The van der Waals surface area contributed by atoms with E-state index in [1.807, 2.05) is 0 Å². The highest BCUT2D eigenvalue weighted by molar-refractivity contribution is 6.27. The number of amidine groups is 1. The Kier molecular flexibility index (Phi) is 7.92. The zero-order valence-corrected chi connectivity index (χ0v) is 4.55. The van der Waals surface area contributed by atoms with Crippen LogP contribution < -0.4 is 18.1 Å². The summed E-state index contributed by atoms with van der Waals surface area (Å²) < 4.78 is 0. The van der Waals surface area contributed by atoms with Gasteiger partial charge in [0.15, 0.2) is 0 Å². The molecule has 6 heavy (non-hydrogen) atoms. The van der Waals surface area contributed by atoms with Crippen LogP contribution in [0.3, 0.4) is 0 Å². The molecule has 0 rings (SSSR count). The predicted octanol–water partition coefficient (Wildman–Crippen LogP) is -2.83. The summed E-state index contributed by atoms with van der Waals surface area (Å²) in [5.74, 6) is 0.159. The highest BCUT2D eigenvalue weighted by Crippen LogP contribution is 1.65. The lowest BCUT2D eigenvalue weighted by molar-refractivity contribution is -0.00000145. The topological polar surface area (TPSA) is 49.9 Å². The molecular weight excluding hydrogens is 123 g/mol. The molecular formula is C2H5Cl2N2-. The summed E-state index contributed by atoms with van der Waals surface area (Å²) in [4.78, 5) is 0. The van der Waals surface area contributed by atoms with Gasteiger partial charge in [-0.2, -0.15) is 0 Å². The van der Waals surface area contributed by atoms with E-state index in [4.69, 9.17) is 22.7 Å². The first-order valence-electron chi connectivity index (χ1n) is 1.16. The number of rotatable bonds is 1. The van der Waals surface area contributed by atoms with Crippen molar-refractivity contribution in [3.63, 3.8) is 0 Å². The Bertz CT molecular complexity index is 44.8. The third-order valence-corrected chi connectivity index (χ3v) is 0.432. The zero-order valence-electron chi connectivity index (χ0n) is 3.04. The Morgan fingerprint density at radius 2 is 2.00 bits per heavy atom. The molecule has 0 aromatic rings. The van der Waals surface area contributed by atoms with Gasteiger partial charge < -0.3 is 18.1 Å². The molecule has 0 bridgehead atoms. The second-order valence-corrected chi connectivity index (χ2v) is 0.926. The lowest BCUT2D eigenvalue weighted by Gasteiger charge is -1.76. The molecule has 0 aliphatic rings. The monoisotopic (exact) mass is 127 g/mol. The van der Waals surface area contributed by atoms with Gasteiger partial charge in [0.25, 0.3) is 0 Å². The lowest BCUT2D eigenvalue weighted by atomic mass is 10.7. The number of hydrogen-bond acceptors (Lipinski definition) is 1. The standard InChI is InChI=1S/C2H5ClN2.ClH/c3-1-2(4)5;/h1H2,(H3,4,5);1H/p-1. The Morgan fingerprint density at radius 3 is 2.00 bits per heavy atom. The summed E-state index contributed by atoms with van der Waals surface area (Å²) in [6.07, 6.45) is 0. The largest absolute Gasteiger partial charge is 1.00 e. The van der Waals surface area contributed by atoms with Gasteiger partial charge >= 0.3 is 0 Å². The highest BCUT2D eigenvalue weighted by atomic mass is 35.5. The van der Waals surface area contributed by atoms with Crippen LogP contribution in [-0.2, 0) is 0 Å². The fraction of sp³-hybridized carbons (Fsp3) is 0.500. The van der Waals surface area contributed by atoms with Crippen molar-refractivity contribution in [2.45, 2.75) is 0 Å². The average molecular weight is 128 g/mol. The fourth-order valence-electron chi connectivity index (χ4n) is 0. The summed E-state index contributed by atoms with van der Waals surface area (Å²) in [6.45, 7) is 0. The summed E-state index contributed by atoms with van der Waals surface area (Å²) in [5.41, 5.74) is 4.74. The van der Waals surface area contributed by atoms with Crippen LogP contribution >= 0.6 is 11.6 Å². The molecule has 0 aromatic heterocycles. The number of alkyl halides is 1. The maximum absolute atomic E-state index is 6.39. The van der Waals surface area contributed by atoms with Crippen molar-refractivity contribution in [2.24, 2.45) is 5.73 Å². The van der Waals surface area contributed by atoms with Crippen LogP contribution in [0, 0.1) is 5.41 Å². The summed E-state index contributed by atoms with van der Waals surface area (Å²) in [7, 11) is 0. The number of nitrogens with two attached hydrogens (primary N) is 1. The van der Waals surface area contributed by atoms with E-state index in [1.54, 1.807) is 0 Å². The molecule has 0 unspecified atom stereocenters. The molecule has 4 heteroatoms. The van der Waals surface area contributed by atoms with Crippen molar-refractivity contribution < 1.29 is 12.4 Å². The SMILES string of the molecule is N=C(N)CCl.[Cl-]. The Morgan fingerprint density at radius 1 is 1.83 bits per heavy atom. The molecule has 3 N–H and O–H groups in total. The summed E-state index contributed by atoms with van der Waals surface area (Å²) in [6, 6.07) is 0. The first-order valence-corrected chi connectivity index (χ1v) is 1.69. The maximum atomic E-state index is 6.39. The fourth-order valence-corrected chi connectivity index (χ4v) is 0. The molecule has 2 nitrogen and oxygen atoms in total.